The number of hydrogen-bond donors (Lipinski definition) is 1. The second kappa shape index (κ2) is 10.7. The summed E-state index contributed by atoms with van der Waals surface area (Å²) in [6.45, 7) is 4.62. The molecule has 32 heavy (non-hydrogen) atoms. The zero-order valence-corrected chi connectivity index (χ0v) is 18.5. The number of rotatable bonds is 10. The van der Waals surface area contributed by atoms with E-state index in [2.05, 4.69) is 5.32 Å². The number of imide groups is 1. The Hall–Kier alpha value is -3.48. The van der Waals surface area contributed by atoms with Gasteiger partial charge in [-0.3, -0.25) is 24.1 Å². The van der Waals surface area contributed by atoms with Crippen molar-refractivity contribution in [1.82, 2.24) is 15.1 Å². The maximum atomic E-state index is 13.0. The monoisotopic (exact) mass is 435 g/mol. The highest BCUT2D eigenvalue weighted by Gasteiger charge is 2.35. The van der Waals surface area contributed by atoms with Crippen LogP contribution in [0.5, 0.6) is 0 Å². The van der Waals surface area contributed by atoms with E-state index in [0.717, 1.165) is 5.56 Å². The predicted octanol–water partition coefficient (Wildman–Crippen LogP) is 2.66. The lowest BCUT2D eigenvalue weighted by atomic mass is 10.1. The van der Waals surface area contributed by atoms with Gasteiger partial charge in [0, 0.05) is 26.1 Å². The Balaban J connectivity index is 1.61. The van der Waals surface area contributed by atoms with Gasteiger partial charge in [0.1, 0.15) is 6.04 Å². The molecule has 1 aliphatic rings. The lowest BCUT2D eigenvalue weighted by Crippen LogP contribution is -2.48. The average Bonchev–Trinajstić information content (AvgIpc) is 3.05. The van der Waals surface area contributed by atoms with Crippen LogP contribution in [0.3, 0.4) is 0 Å². The second-order valence-electron chi connectivity index (χ2n) is 7.80. The van der Waals surface area contributed by atoms with Crippen LogP contribution < -0.4 is 5.32 Å². The van der Waals surface area contributed by atoms with Gasteiger partial charge in [0.2, 0.25) is 11.8 Å². The summed E-state index contributed by atoms with van der Waals surface area (Å²) in [5, 5.41) is 2.77. The molecule has 0 bridgehead atoms. The van der Waals surface area contributed by atoms with Gasteiger partial charge in [-0.2, -0.15) is 0 Å². The van der Waals surface area contributed by atoms with E-state index in [1.54, 1.807) is 36.1 Å². The lowest BCUT2D eigenvalue weighted by Gasteiger charge is -2.29. The Bertz CT molecular complexity index is 955. The number of amides is 4. The molecule has 0 saturated carbocycles. The molecule has 0 aliphatic carbocycles. The fraction of sp³-hybridized carbons (Fsp3) is 0.360. The van der Waals surface area contributed by atoms with E-state index in [1.165, 1.54) is 4.90 Å². The molecule has 0 spiro atoms. The molecule has 1 atom stereocenters. The molecule has 1 heterocycles. The van der Waals surface area contributed by atoms with Gasteiger partial charge in [0.15, 0.2) is 0 Å². The van der Waals surface area contributed by atoms with Crippen LogP contribution in [-0.4, -0.2) is 59.1 Å². The molecule has 2 aromatic carbocycles. The summed E-state index contributed by atoms with van der Waals surface area (Å²) in [5.41, 5.74) is 1.88. The van der Waals surface area contributed by atoms with E-state index in [9.17, 15) is 19.2 Å². The smallest absolute Gasteiger partial charge is 0.261 e. The Morgan fingerprint density at radius 1 is 0.969 bits per heavy atom. The fourth-order valence-corrected chi connectivity index (χ4v) is 3.87. The van der Waals surface area contributed by atoms with E-state index in [-0.39, 0.29) is 36.6 Å². The van der Waals surface area contributed by atoms with Gasteiger partial charge >= 0.3 is 0 Å². The molecule has 0 aromatic heterocycles. The van der Waals surface area contributed by atoms with Crippen molar-refractivity contribution in [3.8, 4) is 0 Å². The number of carbonyl (C=O) groups is 4. The molecule has 0 saturated heterocycles. The summed E-state index contributed by atoms with van der Waals surface area (Å²) in [4.78, 5) is 53.2. The van der Waals surface area contributed by atoms with Crippen LogP contribution in [0, 0.1) is 0 Å². The zero-order valence-electron chi connectivity index (χ0n) is 18.5. The summed E-state index contributed by atoms with van der Waals surface area (Å²) in [6.07, 6.45) is 1.12. The largest absolute Gasteiger partial charge is 0.355 e. The summed E-state index contributed by atoms with van der Waals surface area (Å²) >= 11 is 0. The summed E-state index contributed by atoms with van der Waals surface area (Å²) in [7, 11) is 0. The molecule has 3 rings (SSSR count). The standard InChI is InChI=1S/C25H29N3O4/c1-3-26-23(30)18(2)27(17-15-19-10-5-4-6-11-19)22(29)14-9-16-28-24(31)20-12-7-8-13-21(20)25(28)32/h4-8,10-13,18H,3,9,14-17H2,1-2H3,(H,26,30). The highest BCUT2D eigenvalue weighted by molar-refractivity contribution is 6.21. The molecule has 7 heteroatoms. The number of fused-ring (bicyclic) bond motifs is 1. The van der Waals surface area contributed by atoms with Crippen molar-refractivity contribution in [1.29, 1.82) is 0 Å². The number of hydrogen-bond acceptors (Lipinski definition) is 4. The van der Waals surface area contributed by atoms with Gasteiger partial charge in [-0.1, -0.05) is 42.5 Å². The highest BCUT2D eigenvalue weighted by atomic mass is 16.2. The average molecular weight is 436 g/mol. The van der Waals surface area contributed by atoms with Crippen LogP contribution in [0.2, 0.25) is 0 Å². The van der Waals surface area contributed by atoms with Crippen LogP contribution in [0.4, 0.5) is 0 Å². The van der Waals surface area contributed by atoms with Gasteiger partial charge < -0.3 is 10.2 Å². The molecule has 7 nitrogen and oxygen atoms in total. The number of nitrogens with one attached hydrogen (secondary N) is 1. The third-order valence-electron chi connectivity index (χ3n) is 5.65. The molecule has 1 aliphatic heterocycles. The Kier molecular flexibility index (Phi) is 7.76. The topological polar surface area (TPSA) is 86.8 Å². The summed E-state index contributed by atoms with van der Waals surface area (Å²) < 4.78 is 0. The van der Waals surface area contributed by atoms with E-state index in [1.807, 2.05) is 37.3 Å². The van der Waals surface area contributed by atoms with Crippen LogP contribution in [-0.2, 0) is 16.0 Å². The molecular formula is C25H29N3O4. The van der Waals surface area contributed by atoms with Crippen molar-refractivity contribution in [3.05, 3.63) is 71.3 Å². The van der Waals surface area contributed by atoms with Gasteiger partial charge in [0.05, 0.1) is 11.1 Å². The van der Waals surface area contributed by atoms with Gasteiger partial charge in [-0.25, -0.2) is 0 Å². The molecule has 1 N–H and O–H groups in total. The summed E-state index contributed by atoms with van der Waals surface area (Å²) in [6, 6.07) is 15.9. The maximum Gasteiger partial charge on any atom is 0.261 e. The van der Waals surface area contributed by atoms with Crippen molar-refractivity contribution in [2.24, 2.45) is 0 Å². The van der Waals surface area contributed by atoms with Gasteiger partial charge in [-0.05, 0) is 44.4 Å². The minimum Gasteiger partial charge on any atom is -0.355 e. The fourth-order valence-electron chi connectivity index (χ4n) is 3.87. The van der Waals surface area contributed by atoms with Crippen molar-refractivity contribution in [3.63, 3.8) is 0 Å². The third kappa shape index (κ3) is 5.22. The number of likely N-dealkylation sites (N-methyl/N-ethyl adjacent to an activating group) is 1. The number of benzene rings is 2. The Labute approximate surface area is 188 Å². The normalized spacial score (nSPS) is 13.6. The molecule has 2 aromatic rings. The third-order valence-corrected chi connectivity index (χ3v) is 5.65. The van der Waals surface area contributed by atoms with Gasteiger partial charge in [0.25, 0.3) is 11.8 Å². The van der Waals surface area contributed by atoms with Crippen LogP contribution in [0.1, 0.15) is 53.0 Å². The maximum absolute atomic E-state index is 13.0. The highest BCUT2D eigenvalue weighted by Crippen LogP contribution is 2.22. The Morgan fingerprint density at radius 2 is 1.56 bits per heavy atom. The van der Waals surface area contributed by atoms with Crippen molar-refractivity contribution >= 4 is 23.6 Å². The molecule has 0 radical (unpaired) electrons. The van der Waals surface area contributed by atoms with E-state index in [4.69, 9.17) is 0 Å². The first-order chi connectivity index (χ1) is 15.4. The molecule has 1 unspecified atom stereocenters. The zero-order chi connectivity index (χ0) is 23.1. The first kappa shape index (κ1) is 23.2. The van der Waals surface area contributed by atoms with E-state index < -0.39 is 6.04 Å². The quantitative estimate of drug-likeness (QED) is 0.582. The number of carbonyl (C=O) groups excluding carboxylic acids is 4. The first-order valence-corrected chi connectivity index (χ1v) is 11.0. The predicted molar refractivity (Wildman–Crippen MR) is 121 cm³/mol. The minimum atomic E-state index is -0.606. The lowest BCUT2D eigenvalue weighted by molar-refractivity contribution is -0.140. The number of nitrogens with zero attached hydrogens (tertiary/aromatic N) is 2. The first-order valence-electron chi connectivity index (χ1n) is 11.0. The second-order valence-corrected chi connectivity index (χ2v) is 7.80. The molecular weight excluding hydrogens is 406 g/mol. The summed E-state index contributed by atoms with van der Waals surface area (Å²) in [5.74, 6) is -1.02. The van der Waals surface area contributed by atoms with Crippen molar-refractivity contribution < 1.29 is 19.2 Å². The minimum absolute atomic E-state index is 0.145. The van der Waals surface area contributed by atoms with E-state index >= 15 is 0 Å². The molecule has 4 amide bonds. The molecule has 168 valence electrons. The van der Waals surface area contributed by atoms with Crippen LogP contribution in [0.25, 0.3) is 0 Å². The van der Waals surface area contributed by atoms with Crippen molar-refractivity contribution in [2.45, 2.75) is 39.2 Å². The van der Waals surface area contributed by atoms with E-state index in [0.29, 0.717) is 37.1 Å². The van der Waals surface area contributed by atoms with Crippen LogP contribution in [0.15, 0.2) is 54.6 Å². The van der Waals surface area contributed by atoms with Crippen LogP contribution >= 0.6 is 0 Å². The van der Waals surface area contributed by atoms with Crippen molar-refractivity contribution in [2.75, 3.05) is 19.6 Å². The molecule has 0 fully saturated rings. The Morgan fingerprint density at radius 3 is 2.16 bits per heavy atom. The SMILES string of the molecule is CCNC(=O)C(C)N(CCc1ccccc1)C(=O)CCCN1C(=O)c2ccccc2C1=O. The van der Waals surface area contributed by atoms with Gasteiger partial charge in [-0.15, -0.1) is 0 Å².